The van der Waals surface area contributed by atoms with Crippen LogP contribution in [-0.4, -0.2) is 35.5 Å². The molecule has 0 bridgehead atoms. The molecule has 1 aromatic carbocycles. The van der Waals surface area contributed by atoms with Gasteiger partial charge in [0.15, 0.2) is 0 Å². The molecule has 1 saturated heterocycles. The van der Waals surface area contributed by atoms with Crippen LogP contribution in [0.1, 0.15) is 17.2 Å². The minimum Gasteiger partial charge on any atom is -0.377 e. The Labute approximate surface area is 124 Å². The van der Waals surface area contributed by atoms with Crippen molar-refractivity contribution in [1.29, 1.82) is 0 Å². The molecular weight excluding hydrogens is 264 g/mol. The summed E-state index contributed by atoms with van der Waals surface area (Å²) < 4.78 is 5.56. The molecule has 1 fully saturated rings. The first-order valence-corrected chi connectivity index (χ1v) is 7.15. The summed E-state index contributed by atoms with van der Waals surface area (Å²) >= 11 is 0. The normalized spacial score (nSPS) is 18.5. The number of nitrogens with zero attached hydrogens (tertiary/aromatic N) is 2. The highest BCUT2D eigenvalue weighted by Gasteiger charge is 2.28. The third kappa shape index (κ3) is 3.28. The van der Waals surface area contributed by atoms with Gasteiger partial charge in [0, 0.05) is 18.9 Å². The van der Waals surface area contributed by atoms with Crippen LogP contribution in [0.15, 0.2) is 54.9 Å². The third-order valence-corrected chi connectivity index (χ3v) is 3.71. The van der Waals surface area contributed by atoms with Gasteiger partial charge in [0.25, 0.3) is 0 Å². The fourth-order valence-electron chi connectivity index (χ4n) is 2.63. The Morgan fingerprint density at radius 2 is 2.10 bits per heavy atom. The van der Waals surface area contributed by atoms with E-state index in [4.69, 9.17) is 4.74 Å². The number of rotatable bonds is 3. The van der Waals surface area contributed by atoms with Gasteiger partial charge in [0.05, 0.1) is 25.7 Å². The number of hydrogen-bond acceptors (Lipinski definition) is 3. The number of pyridine rings is 1. The molecule has 0 unspecified atom stereocenters. The van der Waals surface area contributed by atoms with E-state index in [1.54, 1.807) is 12.4 Å². The number of hydrogen-bond donors (Lipinski definition) is 0. The maximum Gasteiger partial charge on any atom is 0.227 e. The quantitative estimate of drug-likeness (QED) is 0.867. The highest BCUT2D eigenvalue weighted by molar-refractivity contribution is 5.79. The number of aromatic nitrogens is 1. The zero-order valence-corrected chi connectivity index (χ0v) is 11.8. The summed E-state index contributed by atoms with van der Waals surface area (Å²) in [7, 11) is 0. The Bertz CT molecular complexity index is 586. The van der Waals surface area contributed by atoms with Gasteiger partial charge in [0.1, 0.15) is 0 Å². The summed E-state index contributed by atoms with van der Waals surface area (Å²) in [4.78, 5) is 18.6. The van der Waals surface area contributed by atoms with Crippen LogP contribution in [0.4, 0.5) is 0 Å². The SMILES string of the molecule is O=C(Cc1cccnc1)N1CCOC[C@H]1c1ccccc1. The molecule has 4 heteroatoms. The first kappa shape index (κ1) is 13.8. The van der Waals surface area contributed by atoms with Gasteiger partial charge in [0.2, 0.25) is 5.91 Å². The number of ether oxygens (including phenoxy) is 1. The topological polar surface area (TPSA) is 42.4 Å². The summed E-state index contributed by atoms with van der Waals surface area (Å²) in [6.45, 7) is 1.80. The van der Waals surface area contributed by atoms with Gasteiger partial charge in [-0.05, 0) is 17.2 Å². The fourth-order valence-corrected chi connectivity index (χ4v) is 2.63. The zero-order chi connectivity index (χ0) is 14.5. The lowest BCUT2D eigenvalue weighted by Crippen LogP contribution is -2.44. The molecule has 108 valence electrons. The van der Waals surface area contributed by atoms with Crippen LogP contribution in [-0.2, 0) is 16.0 Å². The molecule has 1 amide bonds. The lowest BCUT2D eigenvalue weighted by atomic mass is 10.0. The molecule has 1 aliphatic heterocycles. The molecule has 0 radical (unpaired) electrons. The van der Waals surface area contributed by atoms with Crippen LogP contribution in [0.2, 0.25) is 0 Å². The highest BCUT2D eigenvalue weighted by Crippen LogP contribution is 2.24. The predicted molar refractivity (Wildman–Crippen MR) is 79.7 cm³/mol. The summed E-state index contributed by atoms with van der Waals surface area (Å²) in [5, 5.41) is 0. The Morgan fingerprint density at radius 1 is 1.24 bits per heavy atom. The molecule has 4 nitrogen and oxygen atoms in total. The first-order valence-electron chi connectivity index (χ1n) is 7.15. The summed E-state index contributed by atoms with van der Waals surface area (Å²) in [5.41, 5.74) is 2.07. The van der Waals surface area contributed by atoms with Crippen molar-refractivity contribution in [1.82, 2.24) is 9.88 Å². The average Bonchev–Trinajstić information content (AvgIpc) is 2.56. The van der Waals surface area contributed by atoms with Crippen LogP contribution in [0, 0.1) is 0 Å². The number of amides is 1. The maximum atomic E-state index is 12.6. The molecule has 0 N–H and O–H groups in total. The van der Waals surface area contributed by atoms with Crippen molar-refractivity contribution in [2.24, 2.45) is 0 Å². The minimum atomic E-state index is 0.00382. The van der Waals surface area contributed by atoms with E-state index in [9.17, 15) is 4.79 Å². The molecule has 0 saturated carbocycles. The van der Waals surface area contributed by atoms with Gasteiger partial charge in [-0.1, -0.05) is 36.4 Å². The van der Waals surface area contributed by atoms with E-state index in [0.717, 1.165) is 11.1 Å². The second kappa shape index (κ2) is 6.50. The standard InChI is InChI=1S/C17H18N2O2/c20-17(11-14-5-4-8-18-12-14)19-9-10-21-13-16(19)15-6-2-1-3-7-15/h1-8,12,16H,9-11,13H2/t16-/m0/s1. The number of benzene rings is 1. The van der Waals surface area contributed by atoms with E-state index >= 15 is 0 Å². The van der Waals surface area contributed by atoms with E-state index in [1.165, 1.54) is 0 Å². The summed E-state index contributed by atoms with van der Waals surface area (Å²) in [6, 6.07) is 13.9. The smallest absolute Gasteiger partial charge is 0.227 e. The van der Waals surface area contributed by atoms with Crippen molar-refractivity contribution in [3.8, 4) is 0 Å². The highest BCUT2D eigenvalue weighted by atomic mass is 16.5. The molecule has 1 aliphatic rings. The van der Waals surface area contributed by atoms with Crippen molar-refractivity contribution >= 4 is 5.91 Å². The summed E-state index contributed by atoms with van der Waals surface area (Å²) in [6.07, 6.45) is 3.85. The van der Waals surface area contributed by atoms with Crippen molar-refractivity contribution in [3.63, 3.8) is 0 Å². The Kier molecular flexibility index (Phi) is 4.26. The molecule has 2 heterocycles. The van der Waals surface area contributed by atoms with Crippen LogP contribution in [0.3, 0.4) is 0 Å². The Hall–Kier alpha value is -2.20. The Morgan fingerprint density at radius 3 is 2.86 bits per heavy atom. The van der Waals surface area contributed by atoms with Crippen LogP contribution >= 0.6 is 0 Å². The van der Waals surface area contributed by atoms with Gasteiger partial charge in [-0.25, -0.2) is 0 Å². The maximum absolute atomic E-state index is 12.6. The van der Waals surface area contributed by atoms with Gasteiger partial charge in [-0.2, -0.15) is 0 Å². The largest absolute Gasteiger partial charge is 0.377 e. The van der Waals surface area contributed by atoms with Crippen molar-refractivity contribution in [2.75, 3.05) is 19.8 Å². The number of carbonyl (C=O) groups excluding carboxylic acids is 1. The molecule has 3 rings (SSSR count). The van der Waals surface area contributed by atoms with Gasteiger partial charge < -0.3 is 9.64 Å². The average molecular weight is 282 g/mol. The van der Waals surface area contributed by atoms with E-state index in [1.807, 2.05) is 47.4 Å². The lowest BCUT2D eigenvalue weighted by Gasteiger charge is -2.36. The van der Waals surface area contributed by atoms with Gasteiger partial charge in [-0.3, -0.25) is 9.78 Å². The molecule has 21 heavy (non-hydrogen) atoms. The second-order valence-corrected chi connectivity index (χ2v) is 5.13. The molecular formula is C17H18N2O2. The second-order valence-electron chi connectivity index (χ2n) is 5.13. The van der Waals surface area contributed by atoms with E-state index in [2.05, 4.69) is 4.98 Å². The predicted octanol–water partition coefficient (Wildman–Crippen LogP) is 2.22. The molecule has 2 aromatic rings. The zero-order valence-electron chi connectivity index (χ0n) is 11.8. The summed E-state index contributed by atoms with van der Waals surface area (Å²) in [5.74, 6) is 0.125. The van der Waals surface area contributed by atoms with E-state index < -0.39 is 0 Å². The van der Waals surface area contributed by atoms with Crippen LogP contribution in [0.25, 0.3) is 0 Å². The van der Waals surface area contributed by atoms with Crippen molar-refractivity contribution < 1.29 is 9.53 Å². The lowest BCUT2D eigenvalue weighted by molar-refractivity contribution is -0.139. The third-order valence-electron chi connectivity index (χ3n) is 3.71. The molecule has 1 aromatic heterocycles. The van der Waals surface area contributed by atoms with Crippen LogP contribution < -0.4 is 0 Å². The van der Waals surface area contributed by atoms with Crippen molar-refractivity contribution in [2.45, 2.75) is 12.5 Å². The van der Waals surface area contributed by atoms with Gasteiger partial charge >= 0.3 is 0 Å². The molecule has 0 aliphatic carbocycles. The molecule has 1 atom stereocenters. The fraction of sp³-hybridized carbons (Fsp3) is 0.294. The monoisotopic (exact) mass is 282 g/mol. The van der Waals surface area contributed by atoms with E-state index in [-0.39, 0.29) is 11.9 Å². The van der Waals surface area contributed by atoms with Crippen molar-refractivity contribution in [3.05, 3.63) is 66.0 Å². The van der Waals surface area contributed by atoms with E-state index in [0.29, 0.717) is 26.2 Å². The minimum absolute atomic E-state index is 0.00382. The van der Waals surface area contributed by atoms with Gasteiger partial charge in [-0.15, -0.1) is 0 Å². The molecule has 0 spiro atoms. The first-order chi connectivity index (χ1) is 10.3. The Balaban J connectivity index is 1.76. The number of carbonyl (C=O) groups is 1. The number of morpholine rings is 1. The van der Waals surface area contributed by atoms with Crippen LogP contribution in [0.5, 0.6) is 0 Å².